The molecular weight excluding hydrogens is 277 g/mol. The van der Waals surface area contributed by atoms with Crippen molar-refractivity contribution in [3.05, 3.63) is 20.8 Å². The Morgan fingerprint density at radius 1 is 1.60 bits per heavy atom. The Hall–Kier alpha value is 0.0700. The summed E-state index contributed by atoms with van der Waals surface area (Å²) in [6.45, 7) is 0.969. The lowest BCUT2D eigenvalue weighted by molar-refractivity contribution is 0.218. The van der Waals surface area contributed by atoms with Crippen molar-refractivity contribution in [2.24, 2.45) is 0 Å². The summed E-state index contributed by atoms with van der Waals surface area (Å²) in [5.74, 6) is 0. The predicted octanol–water partition coefficient (Wildman–Crippen LogP) is 3.53. The standard InChI is InChI=1S/C11H15BrFNS/c12-8-4-6-15-11(8)7-9(13)10-3-1-2-5-14-10/h4,6,9-10,14H,1-3,5,7H2. The number of halogens is 2. The number of rotatable bonds is 3. The van der Waals surface area contributed by atoms with E-state index < -0.39 is 6.17 Å². The third-order valence-electron chi connectivity index (χ3n) is 2.86. The zero-order valence-electron chi connectivity index (χ0n) is 8.51. The van der Waals surface area contributed by atoms with E-state index in [2.05, 4.69) is 21.2 Å². The molecule has 1 nitrogen and oxygen atoms in total. The average Bonchev–Trinajstić information content (AvgIpc) is 2.66. The van der Waals surface area contributed by atoms with Crippen LogP contribution in [0.5, 0.6) is 0 Å². The van der Waals surface area contributed by atoms with E-state index in [1.807, 2.05) is 11.4 Å². The maximum Gasteiger partial charge on any atom is 0.120 e. The molecule has 0 bridgehead atoms. The van der Waals surface area contributed by atoms with Crippen LogP contribution in [0.1, 0.15) is 24.1 Å². The van der Waals surface area contributed by atoms with Gasteiger partial charge in [-0.05, 0) is 46.8 Å². The first-order valence-corrected chi connectivity index (χ1v) is 7.04. The van der Waals surface area contributed by atoms with Gasteiger partial charge in [0, 0.05) is 21.8 Å². The first kappa shape index (κ1) is 11.6. The van der Waals surface area contributed by atoms with Crippen LogP contribution in [0.4, 0.5) is 4.39 Å². The molecule has 1 N–H and O–H groups in total. The maximum absolute atomic E-state index is 14.0. The van der Waals surface area contributed by atoms with Crippen LogP contribution >= 0.6 is 27.3 Å². The van der Waals surface area contributed by atoms with Gasteiger partial charge in [0.25, 0.3) is 0 Å². The zero-order valence-corrected chi connectivity index (χ0v) is 10.9. The molecule has 0 aliphatic carbocycles. The summed E-state index contributed by atoms with van der Waals surface area (Å²) in [5, 5.41) is 5.27. The molecule has 1 aliphatic rings. The molecule has 0 amide bonds. The normalized spacial score (nSPS) is 24.0. The Morgan fingerprint density at radius 3 is 3.07 bits per heavy atom. The van der Waals surface area contributed by atoms with E-state index >= 15 is 0 Å². The summed E-state index contributed by atoms with van der Waals surface area (Å²) in [4.78, 5) is 1.12. The van der Waals surface area contributed by atoms with Crippen molar-refractivity contribution in [1.29, 1.82) is 0 Å². The minimum absolute atomic E-state index is 0.0627. The first-order valence-electron chi connectivity index (χ1n) is 5.36. The van der Waals surface area contributed by atoms with Gasteiger partial charge in [-0.25, -0.2) is 4.39 Å². The Morgan fingerprint density at radius 2 is 2.47 bits per heavy atom. The molecule has 4 heteroatoms. The molecule has 2 rings (SSSR count). The summed E-state index contributed by atoms with van der Waals surface area (Å²) in [7, 11) is 0. The summed E-state index contributed by atoms with van der Waals surface area (Å²) >= 11 is 5.07. The van der Waals surface area contributed by atoms with E-state index in [0.29, 0.717) is 6.42 Å². The van der Waals surface area contributed by atoms with Crippen LogP contribution in [0.15, 0.2) is 15.9 Å². The molecule has 1 fully saturated rings. The van der Waals surface area contributed by atoms with Crippen molar-refractivity contribution in [2.45, 2.75) is 37.9 Å². The third kappa shape index (κ3) is 3.02. The van der Waals surface area contributed by atoms with Gasteiger partial charge in [-0.1, -0.05) is 6.42 Å². The fourth-order valence-corrected chi connectivity index (χ4v) is 3.53. The smallest absolute Gasteiger partial charge is 0.120 e. The highest BCUT2D eigenvalue weighted by Crippen LogP contribution is 2.26. The molecule has 2 atom stereocenters. The second-order valence-corrected chi connectivity index (χ2v) is 5.82. The number of hydrogen-bond donors (Lipinski definition) is 1. The summed E-state index contributed by atoms with van der Waals surface area (Å²) in [6.07, 6.45) is 3.11. The van der Waals surface area contributed by atoms with Gasteiger partial charge in [0.1, 0.15) is 6.17 Å². The van der Waals surface area contributed by atoms with E-state index in [1.54, 1.807) is 11.3 Å². The van der Waals surface area contributed by atoms with Crippen LogP contribution in [0.25, 0.3) is 0 Å². The lowest BCUT2D eigenvalue weighted by Gasteiger charge is -2.26. The molecule has 0 saturated carbocycles. The summed E-state index contributed by atoms with van der Waals surface area (Å²) < 4.78 is 15.0. The van der Waals surface area contributed by atoms with Gasteiger partial charge in [0.15, 0.2) is 0 Å². The fraction of sp³-hybridized carbons (Fsp3) is 0.636. The highest BCUT2D eigenvalue weighted by Gasteiger charge is 2.23. The zero-order chi connectivity index (χ0) is 10.7. The quantitative estimate of drug-likeness (QED) is 0.898. The highest BCUT2D eigenvalue weighted by atomic mass is 79.9. The van der Waals surface area contributed by atoms with E-state index in [9.17, 15) is 4.39 Å². The van der Waals surface area contributed by atoms with E-state index in [4.69, 9.17) is 0 Å². The molecule has 2 unspecified atom stereocenters. The van der Waals surface area contributed by atoms with Crippen molar-refractivity contribution < 1.29 is 4.39 Å². The van der Waals surface area contributed by atoms with Crippen molar-refractivity contribution >= 4 is 27.3 Å². The molecular formula is C11H15BrFNS. The van der Waals surface area contributed by atoms with Crippen molar-refractivity contribution in [3.63, 3.8) is 0 Å². The van der Waals surface area contributed by atoms with Gasteiger partial charge >= 0.3 is 0 Å². The van der Waals surface area contributed by atoms with Gasteiger partial charge in [-0.3, -0.25) is 0 Å². The van der Waals surface area contributed by atoms with Crippen LogP contribution in [0, 0.1) is 0 Å². The molecule has 15 heavy (non-hydrogen) atoms. The van der Waals surface area contributed by atoms with Gasteiger partial charge in [0.2, 0.25) is 0 Å². The predicted molar refractivity (Wildman–Crippen MR) is 66.3 cm³/mol. The molecule has 1 saturated heterocycles. The van der Waals surface area contributed by atoms with Gasteiger partial charge in [-0.2, -0.15) is 0 Å². The van der Waals surface area contributed by atoms with Crippen molar-refractivity contribution in [1.82, 2.24) is 5.32 Å². The topological polar surface area (TPSA) is 12.0 Å². The van der Waals surface area contributed by atoms with E-state index in [-0.39, 0.29) is 6.04 Å². The van der Waals surface area contributed by atoms with Gasteiger partial charge in [-0.15, -0.1) is 11.3 Å². The Bertz CT molecular complexity index is 309. The Kier molecular flexibility index (Phi) is 4.17. The van der Waals surface area contributed by atoms with Crippen LogP contribution in [-0.4, -0.2) is 18.8 Å². The average molecular weight is 292 g/mol. The molecule has 0 aromatic carbocycles. The summed E-state index contributed by atoms with van der Waals surface area (Å²) in [5.41, 5.74) is 0. The third-order valence-corrected chi connectivity index (χ3v) is 4.81. The van der Waals surface area contributed by atoms with E-state index in [0.717, 1.165) is 28.7 Å². The molecule has 84 valence electrons. The number of thiophene rings is 1. The highest BCUT2D eigenvalue weighted by molar-refractivity contribution is 9.10. The lowest BCUT2D eigenvalue weighted by Crippen LogP contribution is -2.41. The fourth-order valence-electron chi connectivity index (χ4n) is 1.98. The minimum Gasteiger partial charge on any atom is -0.311 e. The Labute approximate surface area is 102 Å². The monoisotopic (exact) mass is 291 g/mol. The Balaban J connectivity index is 1.91. The van der Waals surface area contributed by atoms with Crippen molar-refractivity contribution in [3.8, 4) is 0 Å². The second-order valence-electron chi connectivity index (χ2n) is 3.97. The van der Waals surface area contributed by atoms with Crippen LogP contribution in [0.2, 0.25) is 0 Å². The molecule has 1 aromatic rings. The number of piperidine rings is 1. The largest absolute Gasteiger partial charge is 0.311 e. The maximum atomic E-state index is 14.0. The van der Waals surface area contributed by atoms with Crippen molar-refractivity contribution in [2.75, 3.05) is 6.54 Å². The molecule has 2 heterocycles. The van der Waals surface area contributed by atoms with Gasteiger partial charge < -0.3 is 5.32 Å². The first-order chi connectivity index (χ1) is 7.27. The van der Waals surface area contributed by atoms with Crippen LogP contribution in [0.3, 0.4) is 0 Å². The van der Waals surface area contributed by atoms with Gasteiger partial charge in [0.05, 0.1) is 0 Å². The molecule has 0 radical (unpaired) electrons. The number of hydrogen-bond acceptors (Lipinski definition) is 2. The van der Waals surface area contributed by atoms with E-state index in [1.165, 1.54) is 6.42 Å². The number of alkyl halides is 1. The second kappa shape index (κ2) is 5.41. The molecule has 1 aromatic heterocycles. The lowest BCUT2D eigenvalue weighted by atomic mass is 9.98. The van der Waals surface area contributed by atoms with Crippen LogP contribution < -0.4 is 5.32 Å². The minimum atomic E-state index is -0.750. The van der Waals surface area contributed by atoms with Crippen LogP contribution in [-0.2, 0) is 6.42 Å². The SMILES string of the molecule is FC(Cc1sccc1Br)C1CCCCN1. The molecule has 1 aliphatic heterocycles. The number of nitrogens with one attached hydrogen (secondary N) is 1. The molecule has 0 spiro atoms. The summed E-state index contributed by atoms with van der Waals surface area (Å²) in [6, 6.07) is 2.05.